The lowest BCUT2D eigenvalue weighted by Crippen LogP contribution is -2.58. The Balaban J connectivity index is 2.20. The molecule has 0 N–H and O–H groups in total. The van der Waals surface area contributed by atoms with E-state index in [0.717, 1.165) is 17.7 Å². The Hall–Kier alpha value is -1.88. The Labute approximate surface area is 125 Å². The van der Waals surface area contributed by atoms with Crippen molar-refractivity contribution in [1.82, 2.24) is 4.90 Å². The smallest absolute Gasteiger partial charge is 0.249 e. The molecular formula is C16H22N2O3. The van der Waals surface area contributed by atoms with E-state index < -0.39 is 6.04 Å². The van der Waals surface area contributed by atoms with Crippen molar-refractivity contribution >= 4 is 17.5 Å². The molecular weight excluding hydrogens is 268 g/mol. The molecule has 1 unspecified atom stereocenters. The normalized spacial score (nSPS) is 19.0. The second-order valence-electron chi connectivity index (χ2n) is 5.17. The highest BCUT2D eigenvalue weighted by molar-refractivity contribution is 6.00. The van der Waals surface area contributed by atoms with E-state index in [9.17, 15) is 9.59 Å². The number of aryl methyl sites for hydroxylation is 1. The average Bonchev–Trinajstić information content (AvgIpc) is 2.50. The lowest BCUT2D eigenvalue weighted by atomic mass is 10.1. The summed E-state index contributed by atoms with van der Waals surface area (Å²) in [6, 6.07) is 7.47. The Morgan fingerprint density at radius 1 is 1.33 bits per heavy atom. The summed E-state index contributed by atoms with van der Waals surface area (Å²) in [6.45, 7) is 4.92. The molecule has 1 aliphatic rings. The van der Waals surface area contributed by atoms with Gasteiger partial charge in [0.1, 0.15) is 12.6 Å². The number of ether oxygens (including phenoxy) is 1. The van der Waals surface area contributed by atoms with Crippen LogP contribution in [0.4, 0.5) is 5.69 Å². The minimum Gasteiger partial charge on any atom is -0.375 e. The van der Waals surface area contributed by atoms with E-state index in [2.05, 4.69) is 6.92 Å². The zero-order valence-corrected chi connectivity index (χ0v) is 12.8. The van der Waals surface area contributed by atoms with Crippen molar-refractivity contribution < 1.29 is 14.3 Å². The van der Waals surface area contributed by atoms with Crippen LogP contribution in [0.3, 0.4) is 0 Å². The molecule has 0 spiro atoms. The third-order valence-electron chi connectivity index (χ3n) is 3.91. The standard InChI is InChI=1S/C16H22N2O3/c1-4-13-7-5-6-8-14(13)18-10-9-17(12(2)16(18)20)15(19)11-21-3/h5-8,12H,4,9-11H2,1-3H3. The molecule has 2 rings (SSSR count). The summed E-state index contributed by atoms with van der Waals surface area (Å²) < 4.78 is 4.87. The number of anilines is 1. The first kappa shape index (κ1) is 15.5. The van der Waals surface area contributed by atoms with Gasteiger partial charge in [-0.3, -0.25) is 9.59 Å². The molecule has 1 saturated heterocycles. The van der Waals surface area contributed by atoms with Gasteiger partial charge in [-0.2, -0.15) is 0 Å². The van der Waals surface area contributed by atoms with Crippen LogP contribution in [0.25, 0.3) is 0 Å². The zero-order chi connectivity index (χ0) is 15.4. The molecule has 0 bridgehead atoms. The summed E-state index contributed by atoms with van der Waals surface area (Å²) in [5.41, 5.74) is 2.10. The Kier molecular flexibility index (Phi) is 4.96. The van der Waals surface area contributed by atoms with E-state index >= 15 is 0 Å². The molecule has 1 aromatic carbocycles. The number of methoxy groups -OCH3 is 1. The van der Waals surface area contributed by atoms with E-state index in [1.807, 2.05) is 24.3 Å². The summed E-state index contributed by atoms with van der Waals surface area (Å²) in [5, 5.41) is 0. The number of para-hydroxylation sites is 1. The number of carbonyl (C=O) groups is 2. The average molecular weight is 290 g/mol. The lowest BCUT2D eigenvalue weighted by molar-refractivity contribution is -0.143. The van der Waals surface area contributed by atoms with Crippen molar-refractivity contribution in [1.29, 1.82) is 0 Å². The van der Waals surface area contributed by atoms with Crippen LogP contribution in [0.15, 0.2) is 24.3 Å². The molecule has 0 saturated carbocycles. The van der Waals surface area contributed by atoms with E-state index in [4.69, 9.17) is 4.74 Å². The third-order valence-corrected chi connectivity index (χ3v) is 3.91. The molecule has 2 amide bonds. The molecule has 5 nitrogen and oxygen atoms in total. The first-order valence-corrected chi connectivity index (χ1v) is 7.27. The summed E-state index contributed by atoms with van der Waals surface area (Å²) in [7, 11) is 1.48. The molecule has 1 aliphatic heterocycles. The van der Waals surface area contributed by atoms with E-state index in [1.165, 1.54) is 7.11 Å². The number of rotatable bonds is 4. The molecule has 0 aromatic heterocycles. The zero-order valence-electron chi connectivity index (χ0n) is 12.8. The maximum atomic E-state index is 12.6. The SMILES string of the molecule is CCc1ccccc1N1CCN(C(=O)COC)C(C)C1=O. The fraction of sp³-hybridized carbons (Fsp3) is 0.500. The van der Waals surface area contributed by atoms with Gasteiger partial charge in [-0.1, -0.05) is 25.1 Å². The summed E-state index contributed by atoms with van der Waals surface area (Å²) in [5.74, 6) is -0.173. The van der Waals surface area contributed by atoms with Crippen LogP contribution >= 0.6 is 0 Å². The summed E-state index contributed by atoms with van der Waals surface area (Å²) in [4.78, 5) is 27.9. The monoisotopic (exact) mass is 290 g/mol. The van der Waals surface area contributed by atoms with Gasteiger partial charge in [-0.15, -0.1) is 0 Å². The van der Waals surface area contributed by atoms with Crippen LogP contribution in [0.2, 0.25) is 0 Å². The van der Waals surface area contributed by atoms with Crippen molar-refractivity contribution in [3.8, 4) is 0 Å². The van der Waals surface area contributed by atoms with Crippen LogP contribution in [0.1, 0.15) is 19.4 Å². The molecule has 0 radical (unpaired) electrons. The minimum atomic E-state index is -0.452. The first-order chi connectivity index (χ1) is 10.1. The molecule has 1 aromatic rings. The van der Waals surface area contributed by atoms with Crippen LogP contribution in [0.5, 0.6) is 0 Å². The molecule has 0 aliphatic carbocycles. The number of hydrogen-bond donors (Lipinski definition) is 0. The first-order valence-electron chi connectivity index (χ1n) is 7.27. The van der Waals surface area contributed by atoms with Crippen LogP contribution < -0.4 is 4.90 Å². The maximum absolute atomic E-state index is 12.6. The van der Waals surface area contributed by atoms with Crippen molar-refractivity contribution in [2.45, 2.75) is 26.3 Å². The van der Waals surface area contributed by atoms with E-state index in [-0.39, 0.29) is 18.4 Å². The van der Waals surface area contributed by atoms with Gasteiger partial charge >= 0.3 is 0 Å². The van der Waals surface area contributed by atoms with Crippen molar-refractivity contribution in [3.63, 3.8) is 0 Å². The van der Waals surface area contributed by atoms with Crippen molar-refractivity contribution in [2.24, 2.45) is 0 Å². The largest absolute Gasteiger partial charge is 0.375 e. The topological polar surface area (TPSA) is 49.9 Å². The van der Waals surface area contributed by atoms with Gasteiger partial charge in [0, 0.05) is 25.9 Å². The summed E-state index contributed by atoms with van der Waals surface area (Å²) >= 11 is 0. The van der Waals surface area contributed by atoms with Gasteiger partial charge in [0.25, 0.3) is 0 Å². The van der Waals surface area contributed by atoms with Gasteiger partial charge in [-0.05, 0) is 25.0 Å². The highest BCUT2D eigenvalue weighted by Crippen LogP contribution is 2.24. The lowest BCUT2D eigenvalue weighted by Gasteiger charge is -2.39. The second kappa shape index (κ2) is 6.72. The van der Waals surface area contributed by atoms with Crippen molar-refractivity contribution in [3.05, 3.63) is 29.8 Å². The molecule has 114 valence electrons. The highest BCUT2D eigenvalue weighted by atomic mass is 16.5. The van der Waals surface area contributed by atoms with Gasteiger partial charge < -0.3 is 14.5 Å². The number of nitrogens with zero attached hydrogens (tertiary/aromatic N) is 2. The fourth-order valence-corrected chi connectivity index (χ4v) is 2.73. The summed E-state index contributed by atoms with van der Waals surface area (Å²) in [6.07, 6.45) is 0.876. The number of carbonyl (C=O) groups excluding carboxylic acids is 2. The van der Waals surface area contributed by atoms with Gasteiger partial charge in [0.2, 0.25) is 11.8 Å². The third kappa shape index (κ3) is 3.08. The van der Waals surface area contributed by atoms with Crippen LogP contribution in [0, 0.1) is 0 Å². The van der Waals surface area contributed by atoms with E-state index in [0.29, 0.717) is 13.1 Å². The van der Waals surface area contributed by atoms with Crippen LogP contribution in [-0.2, 0) is 20.7 Å². The molecule has 1 heterocycles. The predicted molar refractivity (Wildman–Crippen MR) is 81.2 cm³/mol. The second-order valence-corrected chi connectivity index (χ2v) is 5.17. The maximum Gasteiger partial charge on any atom is 0.249 e. The van der Waals surface area contributed by atoms with E-state index in [1.54, 1.807) is 16.7 Å². The number of amides is 2. The molecule has 5 heteroatoms. The molecule has 21 heavy (non-hydrogen) atoms. The Bertz CT molecular complexity index is 530. The predicted octanol–water partition coefficient (Wildman–Crippen LogP) is 1.46. The number of benzene rings is 1. The van der Waals surface area contributed by atoms with Gasteiger partial charge in [0.05, 0.1) is 0 Å². The Morgan fingerprint density at radius 3 is 2.71 bits per heavy atom. The van der Waals surface area contributed by atoms with Crippen LogP contribution in [-0.4, -0.2) is 49.6 Å². The molecule has 1 atom stereocenters. The number of hydrogen-bond acceptors (Lipinski definition) is 3. The Morgan fingerprint density at radius 2 is 2.05 bits per heavy atom. The minimum absolute atomic E-state index is 0.0170. The number of piperazine rings is 1. The quantitative estimate of drug-likeness (QED) is 0.843. The van der Waals surface area contributed by atoms with Gasteiger partial charge in [-0.25, -0.2) is 0 Å². The van der Waals surface area contributed by atoms with Gasteiger partial charge in [0.15, 0.2) is 0 Å². The fourth-order valence-electron chi connectivity index (χ4n) is 2.73. The van der Waals surface area contributed by atoms with Crippen molar-refractivity contribution in [2.75, 3.05) is 31.7 Å². The highest BCUT2D eigenvalue weighted by Gasteiger charge is 2.35. The molecule has 1 fully saturated rings.